The van der Waals surface area contributed by atoms with Gasteiger partial charge >= 0.3 is 5.97 Å². The topological polar surface area (TPSA) is 53.4 Å². The van der Waals surface area contributed by atoms with Gasteiger partial charge in [-0.05, 0) is 43.1 Å². The molecular formula is C15H15BrN2O2. The molecule has 0 radical (unpaired) electrons. The lowest BCUT2D eigenvalue weighted by molar-refractivity contribution is -0.142. The first-order valence-corrected chi connectivity index (χ1v) is 7.44. The van der Waals surface area contributed by atoms with Crippen molar-refractivity contribution in [2.45, 2.75) is 25.4 Å². The van der Waals surface area contributed by atoms with Gasteiger partial charge in [-0.3, -0.25) is 14.7 Å². The van der Waals surface area contributed by atoms with Crippen LogP contribution in [0.5, 0.6) is 0 Å². The number of carbonyl (C=O) groups is 1. The number of benzene rings is 1. The summed E-state index contributed by atoms with van der Waals surface area (Å²) in [4.78, 5) is 17.7. The summed E-state index contributed by atoms with van der Waals surface area (Å²) >= 11 is 3.51. The molecule has 20 heavy (non-hydrogen) atoms. The molecular weight excluding hydrogens is 320 g/mol. The summed E-state index contributed by atoms with van der Waals surface area (Å²) in [6.45, 7) is 1.46. The van der Waals surface area contributed by atoms with Gasteiger partial charge in [-0.15, -0.1) is 0 Å². The van der Waals surface area contributed by atoms with E-state index in [4.69, 9.17) is 0 Å². The standard InChI is InChI=1S/C15H15BrN2O2/c16-12-7-10-3-1-5-17-14(10)11(8-12)9-18-6-2-4-13(18)15(19)20/h1,3,5,7-8,13H,2,4,6,9H2,(H,19,20). The minimum Gasteiger partial charge on any atom is -0.480 e. The van der Waals surface area contributed by atoms with Gasteiger partial charge in [0, 0.05) is 22.6 Å². The molecule has 1 aliphatic heterocycles. The third-order valence-electron chi connectivity index (χ3n) is 3.77. The second kappa shape index (κ2) is 5.50. The van der Waals surface area contributed by atoms with E-state index < -0.39 is 5.97 Å². The summed E-state index contributed by atoms with van der Waals surface area (Å²) in [7, 11) is 0. The van der Waals surface area contributed by atoms with E-state index in [1.807, 2.05) is 29.2 Å². The summed E-state index contributed by atoms with van der Waals surface area (Å²) in [5, 5.41) is 10.3. The van der Waals surface area contributed by atoms with Crippen LogP contribution in [-0.4, -0.2) is 33.5 Å². The van der Waals surface area contributed by atoms with E-state index >= 15 is 0 Å². The van der Waals surface area contributed by atoms with Gasteiger partial charge in [0.05, 0.1) is 5.52 Å². The Morgan fingerprint density at radius 2 is 2.35 bits per heavy atom. The second-order valence-corrected chi connectivity index (χ2v) is 6.02. The summed E-state index contributed by atoms with van der Waals surface area (Å²) in [6, 6.07) is 7.63. The highest BCUT2D eigenvalue weighted by Crippen LogP contribution is 2.26. The van der Waals surface area contributed by atoms with Gasteiger partial charge in [0.25, 0.3) is 0 Å². The minimum atomic E-state index is -0.727. The van der Waals surface area contributed by atoms with Gasteiger partial charge < -0.3 is 5.11 Å². The molecule has 2 aromatic rings. The van der Waals surface area contributed by atoms with Crippen molar-refractivity contribution >= 4 is 32.8 Å². The Morgan fingerprint density at radius 1 is 1.50 bits per heavy atom. The highest BCUT2D eigenvalue weighted by Gasteiger charge is 2.30. The van der Waals surface area contributed by atoms with Crippen molar-refractivity contribution < 1.29 is 9.90 Å². The van der Waals surface area contributed by atoms with Gasteiger partial charge in [-0.2, -0.15) is 0 Å². The van der Waals surface area contributed by atoms with Crippen LogP contribution in [-0.2, 0) is 11.3 Å². The number of nitrogens with zero attached hydrogens (tertiary/aromatic N) is 2. The average molecular weight is 335 g/mol. The quantitative estimate of drug-likeness (QED) is 0.937. The van der Waals surface area contributed by atoms with Crippen molar-refractivity contribution in [1.82, 2.24) is 9.88 Å². The molecule has 0 bridgehead atoms. The lowest BCUT2D eigenvalue weighted by Gasteiger charge is -2.21. The number of aliphatic carboxylic acids is 1. The van der Waals surface area contributed by atoms with E-state index in [2.05, 4.69) is 20.9 Å². The van der Waals surface area contributed by atoms with Crippen LogP contribution < -0.4 is 0 Å². The van der Waals surface area contributed by atoms with Gasteiger partial charge in [0.15, 0.2) is 0 Å². The Morgan fingerprint density at radius 3 is 3.15 bits per heavy atom. The highest BCUT2D eigenvalue weighted by molar-refractivity contribution is 9.10. The van der Waals surface area contributed by atoms with Crippen molar-refractivity contribution in [2.24, 2.45) is 0 Å². The molecule has 0 saturated carbocycles. The summed E-state index contributed by atoms with van der Waals surface area (Å²) in [5.41, 5.74) is 2.02. The van der Waals surface area contributed by atoms with Crippen LogP contribution >= 0.6 is 15.9 Å². The third-order valence-corrected chi connectivity index (χ3v) is 4.23. The molecule has 1 aromatic carbocycles. The molecule has 3 rings (SSSR count). The lowest BCUT2D eigenvalue weighted by atomic mass is 10.1. The van der Waals surface area contributed by atoms with E-state index in [-0.39, 0.29) is 6.04 Å². The van der Waals surface area contributed by atoms with Crippen molar-refractivity contribution in [3.05, 3.63) is 40.5 Å². The molecule has 1 N–H and O–H groups in total. The number of carboxylic acids is 1. The number of likely N-dealkylation sites (tertiary alicyclic amines) is 1. The average Bonchev–Trinajstić information content (AvgIpc) is 2.87. The first kappa shape index (κ1) is 13.5. The number of rotatable bonds is 3. The van der Waals surface area contributed by atoms with Gasteiger partial charge in [0.2, 0.25) is 0 Å². The molecule has 104 valence electrons. The second-order valence-electron chi connectivity index (χ2n) is 5.11. The van der Waals surface area contributed by atoms with Gasteiger partial charge in [-0.25, -0.2) is 0 Å². The summed E-state index contributed by atoms with van der Waals surface area (Å²) in [5.74, 6) is -0.727. The van der Waals surface area contributed by atoms with Gasteiger partial charge in [-0.1, -0.05) is 22.0 Å². The molecule has 0 amide bonds. The number of halogens is 1. The Balaban J connectivity index is 1.96. The maximum atomic E-state index is 11.3. The molecule has 1 saturated heterocycles. The first-order valence-electron chi connectivity index (χ1n) is 6.65. The zero-order valence-corrected chi connectivity index (χ0v) is 12.5. The van der Waals surface area contributed by atoms with Crippen LogP contribution in [0.25, 0.3) is 10.9 Å². The SMILES string of the molecule is O=C(O)C1CCCN1Cc1cc(Br)cc2cccnc12. The highest BCUT2D eigenvalue weighted by atomic mass is 79.9. The third kappa shape index (κ3) is 2.55. The van der Waals surface area contributed by atoms with E-state index in [1.54, 1.807) is 6.20 Å². The van der Waals surface area contributed by atoms with Crippen LogP contribution in [0.3, 0.4) is 0 Å². The summed E-state index contributed by atoms with van der Waals surface area (Å²) in [6.07, 6.45) is 3.45. The Hall–Kier alpha value is -1.46. The molecule has 1 aliphatic rings. The Labute approximate surface area is 125 Å². The van der Waals surface area contributed by atoms with E-state index in [9.17, 15) is 9.90 Å². The van der Waals surface area contributed by atoms with Crippen LogP contribution in [0.2, 0.25) is 0 Å². The van der Waals surface area contributed by atoms with Crippen LogP contribution in [0, 0.1) is 0 Å². The fourth-order valence-corrected chi connectivity index (χ4v) is 3.38. The van der Waals surface area contributed by atoms with E-state index in [0.29, 0.717) is 6.54 Å². The smallest absolute Gasteiger partial charge is 0.320 e. The molecule has 1 atom stereocenters. The predicted molar refractivity (Wildman–Crippen MR) is 80.5 cm³/mol. The number of hydrogen-bond acceptors (Lipinski definition) is 3. The minimum absolute atomic E-state index is 0.368. The number of aromatic nitrogens is 1. The zero-order valence-electron chi connectivity index (χ0n) is 10.9. The van der Waals surface area contributed by atoms with Crippen LogP contribution in [0.1, 0.15) is 18.4 Å². The zero-order chi connectivity index (χ0) is 14.1. The molecule has 1 unspecified atom stereocenters. The first-order chi connectivity index (χ1) is 9.65. The number of pyridine rings is 1. The fourth-order valence-electron chi connectivity index (χ4n) is 2.86. The van der Waals surface area contributed by atoms with Crippen molar-refractivity contribution in [3.63, 3.8) is 0 Å². The predicted octanol–water partition coefficient (Wildman–Crippen LogP) is 3.05. The maximum Gasteiger partial charge on any atom is 0.320 e. The molecule has 4 nitrogen and oxygen atoms in total. The molecule has 0 aliphatic carbocycles. The molecule has 1 aromatic heterocycles. The maximum absolute atomic E-state index is 11.3. The van der Waals surface area contributed by atoms with E-state index in [1.165, 1.54) is 0 Å². The number of carboxylic acid groups (broad SMARTS) is 1. The van der Waals surface area contributed by atoms with Crippen LogP contribution in [0.4, 0.5) is 0 Å². The van der Waals surface area contributed by atoms with Gasteiger partial charge in [0.1, 0.15) is 6.04 Å². The molecule has 5 heteroatoms. The number of fused-ring (bicyclic) bond motifs is 1. The van der Waals surface area contributed by atoms with Crippen molar-refractivity contribution in [3.8, 4) is 0 Å². The largest absolute Gasteiger partial charge is 0.480 e. The Bertz CT molecular complexity index is 659. The van der Waals surface area contributed by atoms with Crippen LogP contribution in [0.15, 0.2) is 34.9 Å². The summed E-state index contributed by atoms with van der Waals surface area (Å²) < 4.78 is 0.999. The molecule has 2 heterocycles. The normalized spacial score (nSPS) is 19.6. The Kier molecular flexibility index (Phi) is 3.72. The number of hydrogen-bond donors (Lipinski definition) is 1. The lowest BCUT2D eigenvalue weighted by Crippen LogP contribution is -2.35. The van der Waals surface area contributed by atoms with E-state index in [0.717, 1.165) is 40.3 Å². The molecule has 0 spiro atoms. The monoisotopic (exact) mass is 334 g/mol. The van der Waals surface area contributed by atoms with Crippen molar-refractivity contribution in [1.29, 1.82) is 0 Å². The molecule has 1 fully saturated rings. The van der Waals surface area contributed by atoms with Crippen molar-refractivity contribution in [2.75, 3.05) is 6.54 Å². The fraction of sp³-hybridized carbons (Fsp3) is 0.333.